The topological polar surface area (TPSA) is 52.0 Å². The average Bonchev–Trinajstić information content (AvgIpc) is 2.60. The zero-order valence-electron chi connectivity index (χ0n) is 8.92. The monoisotopic (exact) mass is 194 g/mol. The molecule has 2 N–H and O–H groups in total. The Morgan fingerprint density at radius 2 is 2.36 bits per heavy atom. The molecule has 0 aromatic carbocycles. The normalized spacial score (nSPS) is 21.3. The van der Waals surface area contributed by atoms with Gasteiger partial charge in [-0.15, -0.1) is 0 Å². The first kappa shape index (κ1) is 9.71. The van der Waals surface area contributed by atoms with Crippen LogP contribution in [0.15, 0.2) is 4.42 Å². The molecule has 14 heavy (non-hydrogen) atoms. The third kappa shape index (κ3) is 1.57. The van der Waals surface area contributed by atoms with Crippen LogP contribution >= 0.6 is 0 Å². The van der Waals surface area contributed by atoms with Gasteiger partial charge in [-0.3, -0.25) is 0 Å². The number of rotatable bonds is 2. The Kier molecular flexibility index (Phi) is 2.59. The van der Waals surface area contributed by atoms with Crippen molar-refractivity contribution < 1.29 is 4.42 Å². The molecule has 0 saturated heterocycles. The molecule has 0 radical (unpaired) electrons. The number of oxazole rings is 1. The van der Waals surface area contributed by atoms with Crippen LogP contribution in [-0.2, 0) is 6.42 Å². The summed E-state index contributed by atoms with van der Waals surface area (Å²) in [5.74, 6) is 2.75. The minimum absolute atomic E-state index is 0.374. The van der Waals surface area contributed by atoms with Crippen molar-refractivity contribution in [2.45, 2.75) is 44.9 Å². The first-order valence-corrected chi connectivity index (χ1v) is 5.42. The molecule has 0 bridgehead atoms. The molecule has 3 heteroatoms. The van der Waals surface area contributed by atoms with E-state index in [0.29, 0.717) is 18.4 Å². The SMILES string of the molecule is CC(C)c1nc2c(o1)CCCC2CN. The van der Waals surface area contributed by atoms with Crippen molar-refractivity contribution >= 4 is 0 Å². The fourth-order valence-electron chi connectivity index (χ4n) is 2.00. The highest BCUT2D eigenvalue weighted by Gasteiger charge is 2.25. The van der Waals surface area contributed by atoms with Crippen LogP contribution in [0.25, 0.3) is 0 Å². The summed E-state index contributed by atoms with van der Waals surface area (Å²) in [7, 11) is 0. The number of hydrogen-bond acceptors (Lipinski definition) is 3. The Bertz CT molecular complexity index is 317. The molecular formula is C11H18N2O. The van der Waals surface area contributed by atoms with Crippen LogP contribution in [0.2, 0.25) is 0 Å². The summed E-state index contributed by atoms with van der Waals surface area (Å²) in [6.07, 6.45) is 3.38. The van der Waals surface area contributed by atoms with Gasteiger partial charge in [0.15, 0.2) is 5.89 Å². The van der Waals surface area contributed by atoms with Crippen LogP contribution in [-0.4, -0.2) is 11.5 Å². The quantitative estimate of drug-likeness (QED) is 0.785. The lowest BCUT2D eigenvalue weighted by Gasteiger charge is -2.17. The van der Waals surface area contributed by atoms with E-state index in [4.69, 9.17) is 10.2 Å². The van der Waals surface area contributed by atoms with E-state index in [2.05, 4.69) is 18.8 Å². The van der Waals surface area contributed by atoms with Gasteiger partial charge in [-0.05, 0) is 12.8 Å². The summed E-state index contributed by atoms with van der Waals surface area (Å²) < 4.78 is 5.73. The molecule has 1 heterocycles. The summed E-state index contributed by atoms with van der Waals surface area (Å²) in [5, 5.41) is 0. The standard InChI is InChI=1S/C11H18N2O/c1-7(2)11-13-10-8(6-12)4-3-5-9(10)14-11/h7-8H,3-6,12H2,1-2H3. The average molecular weight is 194 g/mol. The number of nitrogens with zero attached hydrogens (tertiary/aromatic N) is 1. The van der Waals surface area contributed by atoms with E-state index in [1.807, 2.05) is 0 Å². The molecule has 0 aliphatic heterocycles. The lowest BCUT2D eigenvalue weighted by atomic mass is 9.91. The van der Waals surface area contributed by atoms with E-state index in [-0.39, 0.29) is 0 Å². The molecule has 1 aliphatic carbocycles. The van der Waals surface area contributed by atoms with Crippen LogP contribution in [0.1, 0.15) is 55.9 Å². The van der Waals surface area contributed by atoms with Gasteiger partial charge in [-0.2, -0.15) is 0 Å². The second-order valence-corrected chi connectivity index (χ2v) is 4.34. The zero-order chi connectivity index (χ0) is 10.1. The smallest absolute Gasteiger partial charge is 0.197 e. The van der Waals surface area contributed by atoms with E-state index >= 15 is 0 Å². The summed E-state index contributed by atoms with van der Waals surface area (Å²) in [5.41, 5.74) is 6.85. The third-order valence-corrected chi connectivity index (χ3v) is 2.87. The second kappa shape index (κ2) is 3.73. The first-order chi connectivity index (χ1) is 6.72. The van der Waals surface area contributed by atoms with Crippen molar-refractivity contribution in [3.8, 4) is 0 Å². The Balaban J connectivity index is 2.33. The number of hydrogen-bond donors (Lipinski definition) is 1. The van der Waals surface area contributed by atoms with Crippen molar-refractivity contribution in [3.05, 3.63) is 17.3 Å². The molecule has 1 unspecified atom stereocenters. The maximum atomic E-state index is 5.73. The zero-order valence-corrected chi connectivity index (χ0v) is 8.92. The number of nitrogens with two attached hydrogens (primary N) is 1. The van der Waals surface area contributed by atoms with E-state index in [9.17, 15) is 0 Å². The molecule has 0 spiro atoms. The van der Waals surface area contributed by atoms with Gasteiger partial charge in [0, 0.05) is 24.8 Å². The predicted molar refractivity (Wildman–Crippen MR) is 55.3 cm³/mol. The maximum Gasteiger partial charge on any atom is 0.197 e. The van der Waals surface area contributed by atoms with Gasteiger partial charge < -0.3 is 10.2 Å². The first-order valence-electron chi connectivity index (χ1n) is 5.42. The third-order valence-electron chi connectivity index (χ3n) is 2.87. The minimum atomic E-state index is 0.374. The highest BCUT2D eigenvalue weighted by molar-refractivity contribution is 5.19. The molecule has 0 amide bonds. The Morgan fingerprint density at radius 1 is 1.57 bits per heavy atom. The van der Waals surface area contributed by atoms with Crippen LogP contribution in [0.5, 0.6) is 0 Å². The van der Waals surface area contributed by atoms with Crippen molar-refractivity contribution in [1.82, 2.24) is 4.98 Å². The van der Waals surface area contributed by atoms with E-state index in [1.165, 1.54) is 6.42 Å². The lowest BCUT2D eigenvalue weighted by Crippen LogP contribution is -2.17. The predicted octanol–water partition coefficient (Wildman–Crippen LogP) is 2.18. The van der Waals surface area contributed by atoms with Gasteiger partial charge in [-0.25, -0.2) is 4.98 Å². The van der Waals surface area contributed by atoms with Crippen LogP contribution in [0.3, 0.4) is 0 Å². The molecule has 2 rings (SSSR count). The summed E-state index contributed by atoms with van der Waals surface area (Å²) in [6, 6.07) is 0. The lowest BCUT2D eigenvalue weighted by molar-refractivity contribution is 0.413. The van der Waals surface area contributed by atoms with Gasteiger partial charge in [0.1, 0.15) is 5.76 Å². The van der Waals surface area contributed by atoms with E-state index in [1.54, 1.807) is 0 Å². The highest BCUT2D eigenvalue weighted by Crippen LogP contribution is 2.32. The van der Waals surface area contributed by atoms with E-state index < -0.39 is 0 Å². The van der Waals surface area contributed by atoms with Gasteiger partial charge in [0.2, 0.25) is 0 Å². The van der Waals surface area contributed by atoms with Crippen molar-refractivity contribution in [2.24, 2.45) is 5.73 Å². The maximum absolute atomic E-state index is 5.73. The molecule has 1 aliphatic rings. The molecular weight excluding hydrogens is 176 g/mol. The highest BCUT2D eigenvalue weighted by atomic mass is 16.4. The van der Waals surface area contributed by atoms with Crippen molar-refractivity contribution in [1.29, 1.82) is 0 Å². The molecule has 0 fully saturated rings. The fraction of sp³-hybridized carbons (Fsp3) is 0.727. The van der Waals surface area contributed by atoms with Gasteiger partial charge in [0.25, 0.3) is 0 Å². The molecule has 3 nitrogen and oxygen atoms in total. The van der Waals surface area contributed by atoms with Gasteiger partial charge in [0.05, 0.1) is 5.69 Å². The number of aromatic nitrogens is 1. The largest absolute Gasteiger partial charge is 0.445 e. The minimum Gasteiger partial charge on any atom is -0.445 e. The molecule has 1 aromatic heterocycles. The molecule has 1 aromatic rings. The molecule has 1 atom stereocenters. The Morgan fingerprint density at radius 3 is 3.00 bits per heavy atom. The summed E-state index contributed by atoms with van der Waals surface area (Å²) in [4.78, 5) is 4.56. The van der Waals surface area contributed by atoms with Crippen molar-refractivity contribution in [3.63, 3.8) is 0 Å². The van der Waals surface area contributed by atoms with Crippen LogP contribution < -0.4 is 5.73 Å². The summed E-state index contributed by atoms with van der Waals surface area (Å²) >= 11 is 0. The molecule has 0 saturated carbocycles. The van der Waals surface area contributed by atoms with Gasteiger partial charge in [-0.1, -0.05) is 13.8 Å². The number of aryl methyl sites for hydroxylation is 1. The molecule has 78 valence electrons. The van der Waals surface area contributed by atoms with Crippen LogP contribution in [0.4, 0.5) is 0 Å². The Labute approximate surface area is 84.7 Å². The number of fused-ring (bicyclic) bond motifs is 1. The van der Waals surface area contributed by atoms with Crippen molar-refractivity contribution in [2.75, 3.05) is 6.54 Å². The fourth-order valence-corrected chi connectivity index (χ4v) is 2.00. The van der Waals surface area contributed by atoms with Gasteiger partial charge >= 0.3 is 0 Å². The van der Waals surface area contributed by atoms with E-state index in [0.717, 1.165) is 30.2 Å². The summed E-state index contributed by atoms with van der Waals surface area (Å²) in [6.45, 7) is 4.90. The Hall–Kier alpha value is -0.830. The van der Waals surface area contributed by atoms with Crippen LogP contribution in [0, 0.1) is 0 Å². The second-order valence-electron chi connectivity index (χ2n) is 4.34.